The van der Waals surface area contributed by atoms with Crippen LogP contribution in [-0.4, -0.2) is 30.0 Å². The number of rotatable bonds is 4. The summed E-state index contributed by atoms with van der Waals surface area (Å²) in [6.07, 6.45) is 0. The maximum atomic E-state index is 11.9. The summed E-state index contributed by atoms with van der Waals surface area (Å²) < 4.78 is 11.6. The number of nitrogens with zero attached hydrogens (tertiary/aromatic N) is 2. The zero-order chi connectivity index (χ0) is 17.1. The quantitative estimate of drug-likeness (QED) is 0.673. The highest BCUT2D eigenvalue weighted by atomic mass is 35.5. The third-order valence-corrected chi connectivity index (χ3v) is 3.81. The maximum absolute atomic E-state index is 11.9. The highest BCUT2D eigenvalue weighted by molar-refractivity contribution is 6.30. The van der Waals surface area contributed by atoms with E-state index in [1.54, 1.807) is 30.0 Å². The second-order valence-corrected chi connectivity index (χ2v) is 5.46. The molecule has 3 aromatic rings. The number of halogens is 1. The van der Waals surface area contributed by atoms with Crippen LogP contribution >= 0.6 is 11.6 Å². The number of hydrogen-bond acceptors (Lipinski definition) is 4. The number of aromatic nitrogens is 2. The van der Waals surface area contributed by atoms with Crippen molar-refractivity contribution in [3.8, 4) is 22.7 Å². The fourth-order valence-corrected chi connectivity index (χ4v) is 2.46. The minimum atomic E-state index is -0.488. The molecule has 0 saturated heterocycles. The van der Waals surface area contributed by atoms with E-state index in [9.17, 15) is 4.79 Å². The molecule has 5 nitrogen and oxygen atoms in total. The van der Waals surface area contributed by atoms with Crippen molar-refractivity contribution in [1.82, 2.24) is 9.78 Å². The number of carbonyl (C=O) groups excluding carboxylic acids is 1. The molecular formula is C18H15ClN2O3. The summed E-state index contributed by atoms with van der Waals surface area (Å²) >= 11 is 5.96. The number of benzene rings is 2. The molecule has 0 N–H and O–H groups in total. The molecule has 1 heterocycles. The minimum Gasteiger partial charge on any atom is -0.497 e. The van der Waals surface area contributed by atoms with Gasteiger partial charge in [0.05, 0.1) is 25.6 Å². The van der Waals surface area contributed by atoms with Crippen molar-refractivity contribution in [1.29, 1.82) is 0 Å². The van der Waals surface area contributed by atoms with Gasteiger partial charge < -0.3 is 9.47 Å². The first kappa shape index (κ1) is 16.1. The molecule has 0 atom stereocenters. The van der Waals surface area contributed by atoms with Crippen LogP contribution in [0.4, 0.5) is 0 Å². The number of hydrogen-bond donors (Lipinski definition) is 0. The summed E-state index contributed by atoms with van der Waals surface area (Å²) in [5.74, 6) is 0.254. The fraction of sp³-hybridized carbons (Fsp3) is 0.111. The monoisotopic (exact) mass is 342 g/mol. The molecule has 0 aliphatic heterocycles. The van der Waals surface area contributed by atoms with Crippen molar-refractivity contribution in [3.63, 3.8) is 0 Å². The zero-order valence-corrected chi connectivity index (χ0v) is 13.9. The van der Waals surface area contributed by atoms with E-state index in [1.807, 2.05) is 36.4 Å². The van der Waals surface area contributed by atoms with Crippen molar-refractivity contribution < 1.29 is 14.3 Å². The highest BCUT2D eigenvalue weighted by Crippen LogP contribution is 2.26. The van der Waals surface area contributed by atoms with Crippen molar-refractivity contribution >= 4 is 17.6 Å². The summed E-state index contributed by atoms with van der Waals surface area (Å²) in [7, 11) is 2.94. The molecule has 0 amide bonds. The molecule has 6 heteroatoms. The van der Waals surface area contributed by atoms with Crippen LogP contribution in [0, 0.1) is 0 Å². The Morgan fingerprint density at radius 3 is 2.29 bits per heavy atom. The molecule has 0 spiro atoms. The van der Waals surface area contributed by atoms with Crippen LogP contribution in [0.2, 0.25) is 5.02 Å². The van der Waals surface area contributed by atoms with E-state index >= 15 is 0 Å². The molecule has 0 aliphatic carbocycles. The number of esters is 1. The lowest BCUT2D eigenvalue weighted by Crippen LogP contribution is -2.04. The van der Waals surface area contributed by atoms with Gasteiger partial charge >= 0.3 is 5.97 Å². The molecule has 122 valence electrons. The van der Waals surface area contributed by atoms with Gasteiger partial charge in [0, 0.05) is 10.6 Å². The molecule has 0 bridgehead atoms. The molecular weight excluding hydrogens is 328 g/mol. The smallest absolute Gasteiger partial charge is 0.358 e. The Hall–Kier alpha value is -2.79. The van der Waals surface area contributed by atoms with Gasteiger partial charge in [0.25, 0.3) is 0 Å². The van der Waals surface area contributed by atoms with Crippen molar-refractivity contribution in [2.75, 3.05) is 14.2 Å². The Balaban J connectivity index is 2.13. The van der Waals surface area contributed by atoms with Gasteiger partial charge in [-0.05, 0) is 42.5 Å². The standard InChI is InChI=1S/C18H15ClN2O3/c1-23-15-9-7-14(8-10-15)21-17(11-16(20-21)18(22)24-2)12-3-5-13(19)6-4-12/h3-11H,1-2H3. The Bertz CT molecular complexity index is 855. The largest absolute Gasteiger partial charge is 0.497 e. The van der Waals surface area contributed by atoms with Gasteiger partial charge in [-0.2, -0.15) is 5.10 Å². The molecule has 1 aromatic heterocycles. The van der Waals surface area contributed by atoms with Crippen molar-refractivity contribution in [3.05, 3.63) is 65.3 Å². The summed E-state index contributed by atoms with van der Waals surface area (Å²) in [4.78, 5) is 11.9. The molecule has 3 rings (SSSR count). The predicted octanol–water partition coefficient (Wildman–Crippen LogP) is 3.99. The van der Waals surface area contributed by atoms with Crippen molar-refractivity contribution in [2.24, 2.45) is 0 Å². The van der Waals surface area contributed by atoms with Crippen molar-refractivity contribution in [2.45, 2.75) is 0 Å². The number of methoxy groups -OCH3 is 2. The van der Waals surface area contributed by atoms with E-state index < -0.39 is 5.97 Å². The van der Waals surface area contributed by atoms with Gasteiger partial charge in [-0.25, -0.2) is 9.48 Å². The van der Waals surface area contributed by atoms with Crippen LogP contribution in [0.15, 0.2) is 54.6 Å². The van der Waals surface area contributed by atoms with Crippen LogP contribution in [0.1, 0.15) is 10.5 Å². The first-order chi connectivity index (χ1) is 11.6. The van der Waals surface area contributed by atoms with E-state index in [0.717, 1.165) is 22.7 Å². The van der Waals surface area contributed by atoms with Gasteiger partial charge in [-0.1, -0.05) is 23.7 Å². The fourth-order valence-electron chi connectivity index (χ4n) is 2.33. The molecule has 0 radical (unpaired) electrons. The normalized spacial score (nSPS) is 10.5. The summed E-state index contributed by atoms with van der Waals surface area (Å²) in [5.41, 5.74) is 2.68. The van der Waals surface area contributed by atoms with E-state index in [4.69, 9.17) is 21.1 Å². The van der Waals surface area contributed by atoms with E-state index in [2.05, 4.69) is 5.10 Å². The first-order valence-corrected chi connectivity index (χ1v) is 7.59. The number of carbonyl (C=O) groups is 1. The Kier molecular flexibility index (Phi) is 4.53. The van der Waals surface area contributed by atoms with Crippen LogP contribution < -0.4 is 4.74 Å². The molecule has 24 heavy (non-hydrogen) atoms. The maximum Gasteiger partial charge on any atom is 0.358 e. The van der Waals surface area contributed by atoms with E-state index in [1.165, 1.54) is 7.11 Å². The predicted molar refractivity (Wildman–Crippen MR) is 91.9 cm³/mol. The Morgan fingerprint density at radius 2 is 1.71 bits per heavy atom. The average Bonchev–Trinajstić information content (AvgIpc) is 3.07. The van der Waals surface area contributed by atoms with Gasteiger partial charge in [-0.15, -0.1) is 0 Å². The third-order valence-electron chi connectivity index (χ3n) is 3.56. The van der Waals surface area contributed by atoms with Gasteiger partial charge in [0.1, 0.15) is 5.75 Å². The Morgan fingerprint density at radius 1 is 1.04 bits per heavy atom. The molecule has 0 aliphatic rings. The summed E-state index contributed by atoms with van der Waals surface area (Å²) in [6, 6.07) is 16.4. The van der Waals surface area contributed by atoms with E-state index in [0.29, 0.717) is 5.02 Å². The third kappa shape index (κ3) is 3.12. The van der Waals surface area contributed by atoms with Gasteiger partial charge in [0.15, 0.2) is 5.69 Å². The summed E-state index contributed by atoms with van der Waals surface area (Å²) in [5, 5.41) is 5.01. The van der Waals surface area contributed by atoms with Crippen LogP contribution in [0.3, 0.4) is 0 Å². The lowest BCUT2D eigenvalue weighted by Gasteiger charge is -2.08. The zero-order valence-electron chi connectivity index (χ0n) is 13.2. The molecule has 2 aromatic carbocycles. The average molecular weight is 343 g/mol. The minimum absolute atomic E-state index is 0.235. The Labute approximate surface area is 144 Å². The summed E-state index contributed by atoms with van der Waals surface area (Å²) in [6.45, 7) is 0. The molecule has 0 unspecified atom stereocenters. The van der Waals surface area contributed by atoms with Gasteiger partial charge in [0.2, 0.25) is 0 Å². The van der Waals surface area contributed by atoms with Crippen LogP contribution in [0.25, 0.3) is 16.9 Å². The highest BCUT2D eigenvalue weighted by Gasteiger charge is 2.17. The van der Waals surface area contributed by atoms with Crippen LogP contribution in [0.5, 0.6) is 5.75 Å². The molecule has 0 fully saturated rings. The topological polar surface area (TPSA) is 53.4 Å². The lowest BCUT2D eigenvalue weighted by molar-refractivity contribution is 0.0593. The van der Waals surface area contributed by atoms with Gasteiger partial charge in [-0.3, -0.25) is 0 Å². The lowest BCUT2D eigenvalue weighted by atomic mass is 10.1. The molecule has 0 saturated carbocycles. The van der Waals surface area contributed by atoms with Crippen LogP contribution in [-0.2, 0) is 4.74 Å². The second kappa shape index (κ2) is 6.76. The SMILES string of the molecule is COC(=O)c1cc(-c2ccc(Cl)cc2)n(-c2ccc(OC)cc2)n1. The first-order valence-electron chi connectivity index (χ1n) is 7.21. The van der Waals surface area contributed by atoms with E-state index in [-0.39, 0.29) is 5.69 Å². The second-order valence-electron chi connectivity index (χ2n) is 5.02. The number of ether oxygens (including phenoxy) is 2.